The molecule has 0 spiro atoms. The molecule has 1 aromatic heterocycles. The Balaban J connectivity index is 1.67. The van der Waals surface area contributed by atoms with Crippen LogP contribution in [0.2, 0.25) is 0 Å². The smallest absolute Gasteiger partial charge is 0.330 e. The van der Waals surface area contributed by atoms with Gasteiger partial charge >= 0.3 is 5.97 Å². The number of hydrogen-bond donors (Lipinski definition) is 1. The summed E-state index contributed by atoms with van der Waals surface area (Å²) in [4.78, 5) is 12.1. The quantitative estimate of drug-likeness (QED) is 0.763. The van der Waals surface area contributed by atoms with Gasteiger partial charge in [-0.05, 0) is 38.0 Å². The summed E-state index contributed by atoms with van der Waals surface area (Å²) >= 11 is 0. The van der Waals surface area contributed by atoms with Crippen LogP contribution >= 0.6 is 0 Å². The molecule has 7 nitrogen and oxygen atoms in total. The molecular formula is C15H23N3O4S. The third-order valence-corrected chi connectivity index (χ3v) is 5.85. The third kappa shape index (κ3) is 4.32. The highest BCUT2D eigenvalue weighted by molar-refractivity contribution is 7.87. The Hall–Kier alpha value is -1.41. The third-order valence-electron chi connectivity index (χ3n) is 4.34. The molecule has 1 N–H and O–H groups in total. The van der Waals surface area contributed by atoms with E-state index in [4.69, 9.17) is 9.47 Å². The number of carbonyl (C=O) groups excluding carboxylic acids is 1. The van der Waals surface area contributed by atoms with Crippen LogP contribution in [0.25, 0.3) is 0 Å². The topological polar surface area (TPSA) is 82.5 Å². The molecule has 128 valence electrons. The molecule has 23 heavy (non-hydrogen) atoms. The van der Waals surface area contributed by atoms with Crippen molar-refractivity contribution in [2.24, 2.45) is 5.92 Å². The van der Waals surface area contributed by atoms with Crippen molar-refractivity contribution in [3.8, 4) is 0 Å². The van der Waals surface area contributed by atoms with Crippen LogP contribution in [0.15, 0.2) is 12.4 Å². The van der Waals surface area contributed by atoms with Gasteiger partial charge in [0.2, 0.25) is 0 Å². The Labute approximate surface area is 138 Å². The van der Waals surface area contributed by atoms with Crippen molar-refractivity contribution in [1.82, 2.24) is 9.78 Å². The van der Waals surface area contributed by atoms with Crippen molar-refractivity contribution in [2.45, 2.75) is 43.4 Å². The molecule has 1 aliphatic carbocycles. The molecule has 2 heterocycles. The second-order valence-electron chi connectivity index (χ2n) is 6.14. The summed E-state index contributed by atoms with van der Waals surface area (Å²) in [6, 6.07) is -0.451. The standard InChI is InChI=1S/C15H23N3O4S/c1-21-15(19)14(8-11-4-6-22-7-5-11)18-10-12(9-16-18)17-23(20)13-2-3-13/h9-11,13-14,17H,2-8H2,1H3. The Morgan fingerprint density at radius 2 is 2.22 bits per heavy atom. The Bertz CT molecular complexity index is 567. The molecule has 0 radical (unpaired) electrons. The zero-order valence-corrected chi connectivity index (χ0v) is 14.1. The molecule has 0 amide bonds. The van der Waals surface area contributed by atoms with Gasteiger partial charge < -0.3 is 14.2 Å². The predicted molar refractivity (Wildman–Crippen MR) is 86.2 cm³/mol. The van der Waals surface area contributed by atoms with Crippen LogP contribution in [0.3, 0.4) is 0 Å². The van der Waals surface area contributed by atoms with Gasteiger partial charge in [0, 0.05) is 19.4 Å². The van der Waals surface area contributed by atoms with E-state index in [1.807, 2.05) is 0 Å². The number of methoxy groups -OCH3 is 1. The van der Waals surface area contributed by atoms with Crippen molar-refractivity contribution >= 4 is 22.6 Å². The first-order valence-electron chi connectivity index (χ1n) is 8.04. The lowest BCUT2D eigenvalue weighted by Gasteiger charge is -2.25. The highest BCUT2D eigenvalue weighted by Gasteiger charge is 2.30. The summed E-state index contributed by atoms with van der Waals surface area (Å²) < 4.78 is 26.8. The highest BCUT2D eigenvalue weighted by Crippen LogP contribution is 2.29. The highest BCUT2D eigenvalue weighted by atomic mass is 32.2. The van der Waals surface area contributed by atoms with Crippen molar-refractivity contribution in [3.63, 3.8) is 0 Å². The van der Waals surface area contributed by atoms with Crippen molar-refractivity contribution < 1.29 is 18.5 Å². The summed E-state index contributed by atoms with van der Waals surface area (Å²) in [5.41, 5.74) is 0.677. The van der Waals surface area contributed by atoms with Crippen molar-refractivity contribution in [1.29, 1.82) is 0 Å². The lowest BCUT2D eigenvalue weighted by Crippen LogP contribution is -2.26. The molecule has 3 rings (SSSR count). The van der Waals surface area contributed by atoms with Crippen LogP contribution in [0.5, 0.6) is 0 Å². The molecule has 2 fully saturated rings. The summed E-state index contributed by atoms with van der Waals surface area (Å²) in [7, 11) is 0.327. The van der Waals surface area contributed by atoms with E-state index in [0.717, 1.165) is 38.9 Å². The molecule has 1 saturated heterocycles. The number of carbonyl (C=O) groups is 1. The first-order chi connectivity index (χ1) is 11.2. The van der Waals surface area contributed by atoms with Crippen LogP contribution in [-0.4, -0.2) is 45.5 Å². The minimum atomic E-state index is -1.07. The zero-order chi connectivity index (χ0) is 16.2. The number of esters is 1. The first kappa shape index (κ1) is 16.4. The fourth-order valence-electron chi connectivity index (χ4n) is 2.79. The second kappa shape index (κ2) is 7.44. The maximum absolute atomic E-state index is 12.1. The summed E-state index contributed by atoms with van der Waals surface area (Å²) in [5, 5.41) is 4.52. The normalized spacial score (nSPS) is 21.6. The van der Waals surface area contributed by atoms with Gasteiger partial charge in [-0.25, -0.2) is 9.00 Å². The predicted octanol–water partition coefficient (Wildman–Crippen LogP) is 1.65. The number of rotatable bonds is 7. The SMILES string of the molecule is COC(=O)C(CC1CCOCC1)n1cc(NS(=O)C2CC2)cn1. The fourth-order valence-corrected chi connectivity index (χ4v) is 3.86. The number of anilines is 1. The van der Waals surface area contributed by atoms with Crippen LogP contribution in [0.4, 0.5) is 5.69 Å². The van der Waals surface area contributed by atoms with Gasteiger partial charge in [-0.3, -0.25) is 4.68 Å². The maximum atomic E-state index is 12.1. The van der Waals surface area contributed by atoms with Crippen molar-refractivity contribution in [3.05, 3.63) is 12.4 Å². The number of nitrogens with zero attached hydrogens (tertiary/aromatic N) is 2. The second-order valence-corrected chi connectivity index (χ2v) is 7.60. The number of hydrogen-bond acceptors (Lipinski definition) is 5. The average molecular weight is 341 g/mol. The number of nitrogens with one attached hydrogen (secondary N) is 1. The van der Waals surface area contributed by atoms with E-state index in [1.165, 1.54) is 7.11 Å². The van der Waals surface area contributed by atoms with Gasteiger partial charge in [-0.15, -0.1) is 0 Å². The van der Waals surface area contributed by atoms with Gasteiger partial charge in [-0.1, -0.05) is 0 Å². The zero-order valence-electron chi connectivity index (χ0n) is 13.3. The molecule has 0 aromatic carbocycles. The van der Waals surface area contributed by atoms with Gasteiger partial charge in [-0.2, -0.15) is 5.10 Å². The number of ether oxygens (including phenoxy) is 2. The van der Waals surface area contributed by atoms with Gasteiger partial charge in [0.1, 0.15) is 17.0 Å². The monoisotopic (exact) mass is 341 g/mol. The van der Waals surface area contributed by atoms with E-state index in [-0.39, 0.29) is 11.2 Å². The largest absolute Gasteiger partial charge is 0.467 e. The first-order valence-corrected chi connectivity index (χ1v) is 9.25. The van der Waals surface area contributed by atoms with E-state index in [1.54, 1.807) is 17.1 Å². The molecule has 1 saturated carbocycles. The summed E-state index contributed by atoms with van der Waals surface area (Å²) in [6.07, 6.45) is 7.94. The van der Waals surface area contributed by atoms with E-state index >= 15 is 0 Å². The minimum Gasteiger partial charge on any atom is -0.467 e. The van der Waals surface area contributed by atoms with Gasteiger partial charge in [0.25, 0.3) is 0 Å². The maximum Gasteiger partial charge on any atom is 0.330 e. The molecule has 2 aliphatic rings. The summed E-state index contributed by atoms with van der Waals surface area (Å²) in [6.45, 7) is 1.48. The lowest BCUT2D eigenvalue weighted by molar-refractivity contribution is -0.145. The van der Waals surface area contributed by atoms with E-state index in [9.17, 15) is 9.00 Å². The van der Waals surface area contributed by atoms with E-state index in [2.05, 4.69) is 9.82 Å². The van der Waals surface area contributed by atoms with E-state index < -0.39 is 17.0 Å². The van der Waals surface area contributed by atoms with E-state index in [0.29, 0.717) is 18.0 Å². The molecule has 1 aliphatic heterocycles. The Morgan fingerprint density at radius 3 is 2.87 bits per heavy atom. The Morgan fingerprint density at radius 1 is 1.48 bits per heavy atom. The average Bonchev–Trinajstić information content (AvgIpc) is 3.33. The van der Waals surface area contributed by atoms with Crippen molar-refractivity contribution in [2.75, 3.05) is 25.0 Å². The molecule has 1 aromatic rings. The Kier molecular flexibility index (Phi) is 5.32. The molecule has 2 unspecified atom stereocenters. The molecular weight excluding hydrogens is 318 g/mol. The van der Waals surface area contributed by atoms with Crippen LogP contribution in [-0.2, 0) is 25.3 Å². The van der Waals surface area contributed by atoms with Gasteiger partial charge in [0.15, 0.2) is 0 Å². The fraction of sp³-hybridized carbons (Fsp3) is 0.733. The molecule has 2 atom stereocenters. The van der Waals surface area contributed by atoms with Crippen LogP contribution in [0.1, 0.15) is 38.1 Å². The minimum absolute atomic E-state index is 0.247. The van der Waals surface area contributed by atoms with Gasteiger partial charge in [0.05, 0.1) is 24.2 Å². The lowest BCUT2D eigenvalue weighted by atomic mass is 9.92. The van der Waals surface area contributed by atoms with Crippen LogP contribution < -0.4 is 4.72 Å². The molecule has 0 bridgehead atoms. The molecule has 8 heteroatoms. The number of aromatic nitrogens is 2. The van der Waals surface area contributed by atoms with Crippen LogP contribution in [0, 0.1) is 5.92 Å². The summed E-state index contributed by atoms with van der Waals surface area (Å²) in [5.74, 6) is 0.128.